The van der Waals surface area contributed by atoms with E-state index in [0.29, 0.717) is 23.3 Å². The highest BCUT2D eigenvalue weighted by molar-refractivity contribution is 9.10. The standard InChI is InChI=1S/C15H16BrClFN3/c1-8(2)14-20-13(17)9(3)15(21-14)19-7-10-6-11(18)4-5-12(10)16/h4-6,8H,7H2,1-3H3,(H,19,20,21). The van der Waals surface area contributed by atoms with E-state index in [1.54, 1.807) is 6.07 Å². The van der Waals surface area contributed by atoms with Gasteiger partial charge in [0.2, 0.25) is 0 Å². The first-order chi connectivity index (χ1) is 9.88. The van der Waals surface area contributed by atoms with Gasteiger partial charge in [-0.3, -0.25) is 0 Å². The van der Waals surface area contributed by atoms with Gasteiger partial charge in [-0.15, -0.1) is 0 Å². The molecule has 1 N–H and O–H groups in total. The summed E-state index contributed by atoms with van der Waals surface area (Å²) in [5.74, 6) is 1.28. The third kappa shape index (κ3) is 3.92. The van der Waals surface area contributed by atoms with E-state index < -0.39 is 0 Å². The molecule has 2 rings (SSSR count). The molecule has 1 aromatic carbocycles. The van der Waals surface area contributed by atoms with Crippen LogP contribution in [0.1, 0.15) is 36.7 Å². The third-order valence-electron chi connectivity index (χ3n) is 3.07. The zero-order valence-electron chi connectivity index (χ0n) is 12.0. The van der Waals surface area contributed by atoms with Crippen molar-refractivity contribution in [1.29, 1.82) is 0 Å². The van der Waals surface area contributed by atoms with E-state index in [1.807, 2.05) is 20.8 Å². The zero-order valence-corrected chi connectivity index (χ0v) is 14.4. The minimum atomic E-state index is -0.268. The quantitative estimate of drug-likeness (QED) is 0.761. The molecule has 0 aliphatic rings. The molecule has 0 atom stereocenters. The number of benzene rings is 1. The van der Waals surface area contributed by atoms with Crippen LogP contribution in [0.25, 0.3) is 0 Å². The number of halogens is 3. The summed E-state index contributed by atoms with van der Waals surface area (Å²) in [6.07, 6.45) is 0. The lowest BCUT2D eigenvalue weighted by atomic mass is 10.2. The Morgan fingerprint density at radius 3 is 2.71 bits per heavy atom. The highest BCUT2D eigenvalue weighted by Gasteiger charge is 2.12. The lowest BCUT2D eigenvalue weighted by molar-refractivity contribution is 0.625. The van der Waals surface area contributed by atoms with Crippen molar-refractivity contribution >= 4 is 33.3 Å². The Labute approximate surface area is 137 Å². The molecule has 0 saturated carbocycles. The van der Waals surface area contributed by atoms with Crippen LogP contribution in [-0.2, 0) is 6.54 Å². The first kappa shape index (κ1) is 16.2. The van der Waals surface area contributed by atoms with Gasteiger partial charge in [-0.25, -0.2) is 14.4 Å². The molecule has 0 saturated heterocycles. The fraction of sp³-hybridized carbons (Fsp3) is 0.333. The fourth-order valence-electron chi connectivity index (χ4n) is 1.79. The number of rotatable bonds is 4. The van der Waals surface area contributed by atoms with Gasteiger partial charge in [-0.05, 0) is 30.7 Å². The highest BCUT2D eigenvalue weighted by Crippen LogP contribution is 2.24. The molecule has 0 aliphatic carbocycles. The fourth-order valence-corrected chi connectivity index (χ4v) is 2.36. The Morgan fingerprint density at radius 2 is 2.05 bits per heavy atom. The zero-order chi connectivity index (χ0) is 15.6. The smallest absolute Gasteiger partial charge is 0.137 e. The van der Waals surface area contributed by atoms with E-state index in [2.05, 4.69) is 31.2 Å². The predicted molar refractivity (Wildman–Crippen MR) is 87.3 cm³/mol. The van der Waals surface area contributed by atoms with Crippen LogP contribution < -0.4 is 5.32 Å². The van der Waals surface area contributed by atoms with Crippen molar-refractivity contribution in [1.82, 2.24) is 9.97 Å². The number of hydrogen-bond acceptors (Lipinski definition) is 3. The van der Waals surface area contributed by atoms with Crippen LogP contribution in [0.4, 0.5) is 10.2 Å². The van der Waals surface area contributed by atoms with E-state index in [0.717, 1.165) is 15.6 Å². The van der Waals surface area contributed by atoms with Crippen LogP contribution in [0.5, 0.6) is 0 Å². The summed E-state index contributed by atoms with van der Waals surface area (Å²) in [4.78, 5) is 8.75. The molecule has 6 heteroatoms. The Hall–Kier alpha value is -1.20. The molecule has 112 valence electrons. The molecule has 3 nitrogen and oxygen atoms in total. The predicted octanol–water partition coefficient (Wildman–Crippen LogP) is 5.08. The van der Waals surface area contributed by atoms with Gasteiger partial charge in [-0.2, -0.15) is 0 Å². The second-order valence-electron chi connectivity index (χ2n) is 5.09. The summed E-state index contributed by atoms with van der Waals surface area (Å²) in [6.45, 7) is 6.32. The SMILES string of the molecule is Cc1c(Cl)nc(C(C)C)nc1NCc1cc(F)ccc1Br. The highest BCUT2D eigenvalue weighted by atomic mass is 79.9. The van der Waals surface area contributed by atoms with E-state index >= 15 is 0 Å². The van der Waals surface area contributed by atoms with Gasteiger partial charge in [0.25, 0.3) is 0 Å². The Balaban J connectivity index is 2.25. The first-order valence-electron chi connectivity index (χ1n) is 6.60. The summed E-state index contributed by atoms with van der Waals surface area (Å²) < 4.78 is 14.1. The van der Waals surface area contributed by atoms with Crippen molar-refractivity contribution < 1.29 is 4.39 Å². The maximum absolute atomic E-state index is 13.3. The average Bonchev–Trinajstić information content (AvgIpc) is 2.43. The van der Waals surface area contributed by atoms with Gasteiger partial charge in [0, 0.05) is 22.5 Å². The van der Waals surface area contributed by atoms with Crippen LogP contribution in [0.15, 0.2) is 22.7 Å². The molecule has 0 radical (unpaired) electrons. The molecule has 0 fully saturated rings. The van der Waals surface area contributed by atoms with Crippen molar-refractivity contribution in [2.24, 2.45) is 0 Å². The van der Waals surface area contributed by atoms with Crippen LogP contribution in [0, 0.1) is 12.7 Å². The van der Waals surface area contributed by atoms with Crippen LogP contribution in [0.3, 0.4) is 0 Å². The van der Waals surface area contributed by atoms with Crippen LogP contribution in [0.2, 0.25) is 5.15 Å². The first-order valence-corrected chi connectivity index (χ1v) is 7.77. The van der Waals surface area contributed by atoms with Crippen LogP contribution >= 0.6 is 27.5 Å². The largest absolute Gasteiger partial charge is 0.366 e. The van der Waals surface area contributed by atoms with Gasteiger partial charge in [-0.1, -0.05) is 41.4 Å². The second kappa shape index (κ2) is 6.71. The lowest BCUT2D eigenvalue weighted by Gasteiger charge is -2.13. The molecule has 0 bridgehead atoms. The molecule has 2 aromatic rings. The monoisotopic (exact) mass is 371 g/mol. The van der Waals surface area contributed by atoms with Crippen molar-refractivity contribution in [2.45, 2.75) is 33.2 Å². The van der Waals surface area contributed by atoms with E-state index in [4.69, 9.17) is 11.6 Å². The third-order valence-corrected chi connectivity index (χ3v) is 4.22. The van der Waals surface area contributed by atoms with Crippen molar-refractivity contribution in [3.05, 3.63) is 50.6 Å². The Bertz CT molecular complexity index is 662. The maximum Gasteiger partial charge on any atom is 0.137 e. The van der Waals surface area contributed by atoms with Gasteiger partial charge in [0.05, 0.1) is 0 Å². The number of nitrogens with zero attached hydrogens (tertiary/aromatic N) is 2. The normalized spacial score (nSPS) is 11.0. The minimum absolute atomic E-state index is 0.185. The number of anilines is 1. The summed E-state index contributed by atoms with van der Waals surface area (Å²) in [5.41, 5.74) is 1.60. The van der Waals surface area contributed by atoms with Gasteiger partial charge >= 0.3 is 0 Å². The Kier molecular flexibility index (Phi) is 5.17. The van der Waals surface area contributed by atoms with Gasteiger partial charge < -0.3 is 5.32 Å². The molecular formula is C15H16BrClFN3. The molecular weight excluding hydrogens is 357 g/mol. The number of nitrogens with one attached hydrogen (secondary N) is 1. The van der Waals surface area contributed by atoms with Crippen LogP contribution in [-0.4, -0.2) is 9.97 Å². The van der Waals surface area contributed by atoms with Crippen molar-refractivity contribution in [2.75, 3.05) is 5.32 Å². The maximum atomic E-state index is 13.3. The van der Waals surface area contributed by atoms with Crippen molar-refractivity contribution in [3.8, 4) is 0 Å². The molecule has 0 aliphatic heterocycles. The minimum Gasteiger partial charge on any atom is -0.366 e. The topological polar surface area (TPSA) is 37.8 Å². The molecule has 1 aromatic heterocycles. The summed E-state index contributed by atoms with van der Waals surface area (Å²) in [7, 11) is 0. The van der Waals surface area contributed by atoms with E-state index in [1.165, 1.54) is 12.1 Å². The van der Waals surface area contributed by atoms with Crippen molar-refractivity contribution in [3.63, 3.8) is 0 Å². The molecule has 21 heavy (non-hydrogen) atoms. The average molecular weight is 373 g/mol. The summed E-state index contributed by atoms with van der Waals surface area (Å²) in [5, 5.41) is 3.64. The van der Waals surface area contributed by atoms with Gasteiger partial charge in [0.1, 0.15) is 22.6 Å². The van der Waals surface area contributed by atoms with Gasteiger partial charge in [0.15, 0.2) is 0 Å². The second-order valence-corrected chi connectivity index (χ2v) is 6.30. The molecule has 0 spiro atoms. The Morgan fingerprint density at radius 1 is 1.33 bits per heavy atom. The number of hydrogen-bond donors (Lipinski definition) is 1. The van der Waals surface area contributed by atoms with E-state index in [9.17, 15) is 4.39 Å². The molecule has 0 unspecified atom stereocenters. The summed E-state index contributed by atoms with van der Waals surface area (Å²) >= 11 is 9.55. The summed E-state index contributed by atoms with van der Waals surface area (Å²) in [6, 6.07) is 4.58. The van der Waals surface area contributed by atoms with E-state index in [-0.39, 0.29) is 11.7 Å². The molecule has 0 amide bonds. The number of aromatic nitrogens is 2. The lowest BCUT2D eigenvalue weighted by Crippen LogP contribution is -2.08. The molecule has 1 heterocycles.